The highest BCUT2D eigenvalue weighted by molar-refractivity contribution is 6.31. The van der Waals surface area contributed by atoms with Gasteiger partial charge in [-0.1, -0.05) is 41.9 Å². The molecule has 0 spiro atoms. The smallest absolute Gasteiger partial charge is 0.142 e. The van der Waals surface area contributed by atoms with Crippen molar-refractivity contribution in [1.82, 2.24) is 5.43 Å². The zero-order valence-electron chi connectivity index (χ0n) is 11.7. The van der Waals surface area contributed by atoms with Crippen molar-refractivity contribution >= 4 is 23.1 Å². The van der Waals surface area contributed by atoms with Gasteiger partial charge in [0.2, 0.25) is 0 Å². The minimum atomic E-state index is 0.625. The molecule has 0 radical (unpaired) electrons. The third kappa shape index (κ3) is 2.81. The van der Waals surface area contributed by atoms with Gasteiger partial charge in [-0.05, 0) is 23.8 Å². The highest BCUT2D eigenvalue weighted by Gasteiger charge is 2.22. The molecular formula is C16H16ClN3O. The van der Waals surface area contributed by atoms with Gasteiger partial charge in [0.05, 0.1) is 12.8 Å². The molecule has 21 heavy (non-hydrogen) atoms. The van der Waals surface area contributed by atoms with Crippen molar-refractivity contribution in [2.45, 2.75) is 6.42 Å². The van der Waals surface area contributed by atoms with Crippen molar-refractivity contribution in [3.63, 3.8) is 0 Å². The van der Waals surface area contributed by atoms with Crippen molar-refractivity contribution in [2.75, 3.05) is 18.7 Å². The summed E-state index contributed by atoms with van der Waals surface area (Å²) in [5, 5.41) is 5.14. The van der Waals surface area contributed by atoms with E-state index in [4.69, 9.17) is 16.3 Å². The number of hydrazone groups is 1. The molecule has 5 heteroatoms. The fourth-order valence-corrected chi connectivity index (χ4v) is 2.58. The summed E-state index contributed by atoms with van der Waals surface area (Å²) in [6.07, 6.45) is 0.671. The Morgan fingerprint density at radius 3 is 2.76 bits per heavy atom. The predicted molar refractivity (Wildman–Crippen MR) is 86.1 cm³/mol. The van der Waals surface area contributed by atoms with E-state index in [1.54, 1.807) is 7.11 Å². The van der Waals surface area contributed by atoms with E-state index in [0.717, 1.165) is 27.9 Å². The maximum atomic E-state index is 6.24. The monoisotopic (exact) mass is 301 g/mol. The lowest BCUT2D eigenvalue weighted by Crippen LogP contribution is -2.30. The van der Waals surface area contributed by atoms with Gasteiger partial charge in [-0.25, -0.2) is 0 Å². The van der Waals surface area contributed by atoms with Crippen LogP contribution in [0.4, 0.5) is 5.69 Å². The molecular weight excluding hydrogens is 286 g/mol. The van der Waals surface area contributed by atoms with Gasteiger partial charge in [0.15, 0.2) is 0 Å². The van der Waals surface area contributed by atoms with E-state index in [1.807, 2.05) is 48.5 Å². The number of nitrogens with one attached hydrogen (secondary N) is 1. The largest absolute Gasteiger partial charge is 0.495 e. The molecule has 0 aliphatic carbocycles. The van der Waals surface area contributed by atoms with Gasteiger partial charge in [0.25, 0.3) is 0 Å². The van der Waals surface area contributed by atoms with Crippen LogP contribution in [0, 0.1) is 0 Å². The average molecular weight is 302 g/mol. The Balaban J connectivity index is 1.88. The van der Waals surface area contributed by atoms with Crippen LogP contribution in [-0.2, 0) is 6.42 Å². The van der Waals surface area contributed by atoms with Crippen molar-refractivity contribution in [2.24, 2.45) is 5.10 Å². The number of para-hydroxylation sites is 2. The van der Waals surface area contributed by atoms with E-state index in [0.29, 0.717) is 13.1 Å². The summed E-state index contributed by atoms with van der Waals surface area (Å²) in [5.41, 5.74) is 5.08. The third-order valence-corrected chi connectivity index (χ3v) is 3.80. The van der Waals surface area contributed by atoms with Crippen LogP contribution in [0.5, 0.6) is 5.75 Å². The van der Waals surface area contributed by atoms with Gasteiger partial charge in [-0.15, -0.1) is 0 Å². The molecule has 1 aliphatic heterocycles. The summed E-state index contributed by atoms with van der Waals surface area (Å²) in [5.74, 6) is 1.75. The Labute approximate surface area is 129 Å². The van der Waals surface area contributed by atoms with Crippen LogP contribution in [0.15, 0.2) is 53.6 Å². The number of methoxy groups -OCH3 is 1. The summed E-state index contributed by atoms with van der Waals surface area (Å²) in [6, 6.07) is 15.7. The molecule has 0 atom stereocenters. The molecule has 2 aromatic rings. The molecule has 108 valence electrons. The second kappa shape index (κ2) is 6.06. The van der Waals surface area contributed by atoms with Gasteiger partial charge in [-0.2, -0.15) is 5.10 Å². The Morgan fingerprint density at radius 1 is 1.19 bits per heavy atom. The summed E-state index contributed by atoms with van der Waals surface area (Å²) < 4.78 is 5.43. The lowest BCUT2D eigenvalue weighted by atomic mass is 10.1. The Kier molecular flexibility index (Phi) is 3.97. The van der Waals surface area contributed by atoms with E-state index in [9.17, 15) is 0 Å². The summed E-state index contributed by atoms with van der Waals surface area (Å²) in [6.45, 7) is 0.625. The Morgan fingerprint density at radius 2 is 1.95 bits per heavy atom. The molecule has 4 nitrogen and oxygen atoms in total. The number of hydrogen-bond acceptors (Lipinski definition) is 4. The van der Waals surface area contributed by atoms with Crippen LogP contribution in [-0.4, -0.2) is 19.6 Å². The first kappa shape index (κ1) is 13.8. The predicted octanol–water partition coefficient (Wildman–Crippen LogP) is 3.27. The van der Waals surface area contributed by atoms with Gasteiger partial charge in [0, 0.05) is 11.4 Å². The molecule has 0 bridgehead atoms. The molecule has 1 N–H and O–H groups in total. The van der Waals surface area contributed by atoms with Crippen LogP contribution in [0.25, 0.3) is 0 Å². The molecule has 0 amide bonds. The number of rotatable bonds is 4. The summed E-state index contributed by atoms with van der Waals surface area (Å²) >= 11 is 6.24. The van der Waals surface area contributed by atoms with Crippen molar-refractivity contribution in [3.05, 3.63) is 59.1 Å². The topological polar surface area (TPSA) is 36.9 Å². The van der Waals surface area contributed by atoms with Crippen molar-refractivity contribution in [1.29, 1.82) is 0 Å². The van der Waals surface area contributed by atoms with E-state index >= 15 is 0 Å². The number of amidine groups is 1. The van der Waals surface area contributed by atoms with Crippen molar-refractivity contribution in [3.8, 4) is 5.75 Å². The zero-order valence-corrected chi connectivity index (χ0v) is 12.5. The maximum absolute atomic E-state index is 6.24. The number of anilines is 1. The van der Waals surface area contributed by atoms with E-state index < -0.39 is 0 Å². The minimum absolute atomic E-state index is 0.625. The van der Waals surface area contributed by atoms with Gasteiger partial charge < -0.3 is 9.64 Å². The number of ether oxygens (including phenoxy) is 1. The first-order valence-corrected chi connectivity index (χ1v) is 7.11. The number of halogens is 1. The molecule has 2 aromatic carbocycles. The van der Waals surface area contributed by atoms with E-state index in [2.05, 4.69) is 15.4 Å². The number of benzene rings is 2. The van der Waals surface area contributed by atoms with Crippen molar-refractivity contribution < 1.29 is 4.74 Å². The first-order valence-electron chi connectivity index (χ1n) is 6.73. The zero-order chi connectivity index (χ0) is 14.7. The first-order chi connectivity index (χ1) is 10.3. The summed E-state index contributed by atoms with van der Waals surface area (Å²) in [7, 11) is 1.67. The molecule has 1 heterocycles. The number of nitrogens with zero attached hydrogens (tertiary/aromatic N) is 2. The van der Waals surface area contributed by atoms with Gasteiger partial charge >= 0.3 is 0 Å². The van der Waals surface area contributed by atoms with Crippen LogP contribution >= 0.6 is 11.6 Å². The van der Waals surface area contributed by atoms with Crippen LogP contribution < -0.4 is 15.1 Å². The van der Waals surface area contributed by atoms with Crippen LogP contribution in [0.2, 0.25) is 5.02 Å². The van der Waals surface area contributed by atoms with Crippen LogP contribution in [0.3, 0.4) is 0 Å². The van der Waals surface area contributed by atoms with Crippen LogP contribution in [0.1, 0.15) is 5.56 Å². The fraction of sp³-hybridized carbons (Fsp3) is 0.188. The second-order valence-electron chi connectivity index (χ2n) is 4.71. The molecule has 0 unspecified atom stereocenters. The Bertz CT molecular complexity index is 672. The number of hydrogen-bond donors (Lipinski definition) is 1. The SMILES string of the molecule is COc1ccccc1N1CNN=C1Cc1ccccc1Cl. The van der Waals surface area contributed by atoms with Gasteiger partial charge in [-0.3, -0.25) is 5.43 Å². The van der Waals surface area contributed by atoms with E-state index in [-0.39, 0.29) is 0 Å². The highest BCUT2D eigenvalue weighted by Crippen LogP contribution is 2.29. The molecule has 1 aliphatic rings. The lowest BCUT2D eigenvalue weighted by molar-refractivity contribution is 0.415. The Hall–Kier alpha value is -2.20. The average Bonchev–Trinajstić information content (AvgIpc) is 2.97. The normalized spacial score (nSPS) is 13.8. The minimum Gasteiger partial charge on any atom is -0.495 e. The van der Waals surface area contributed by atoms with E-state index in [1.165, 1.54) is 0 Å². The molecule has 0 saturated heterocycles. The fourth-order valence-electron chi connectivity index (χ4n) is 2.37. The highest BCUT2D eigenvalue weighted by atomic mass is 35.5. The molecule has 0 fully saturated rings. The third-order valence-electron chi connectivity index (χ3n) is 3.43. The second-order valence-corrected chi connectivity index (χ2v) is 5.12. The standard InChI is InChI=1S/C16H16ClN3O/c1-21-15-9-5-4-8-14(15)20-11-18-19-16(20)10-12-6-2-3-7-13(12)17/h2-9,18H,10-11H2,1H3. The molecule has 0 saturated carbocycles. The molecule has 0 aromatic heterocycles. The maximum Gasteiger partial charge on any atom is 0.142 e. The quantitative estimate of drug-likeness (QED) is 0.941. The molecule has 3 rings (SSSR count). The lowest BCUT2D eigenvalue weighted by Gasteiger charge is -2.21. The summed E-state index contributed by atoms with van der Waals surface area (Å²) in [4.78, 5) is 2.10. The van der Waals surface area contributed by atoms with Gasteiger partial charge in [0.1, 0.15) is 18.3 Å².